The number of hydrogen-bond donors (Lipinski definition) is 2. The maximum absolute atomic E-state index is 11.6. The largest absolute Gasteiger partial charge is 0.345 e. The lowest BCUT2D eigenvalue weighted by atomic mass is 10.2. The molecular weight excluding hydrogens is 238 g/mol. The van der Waals surface area contributed by atoms with Crippen LogP contribution in [0.4, 0.5) is 5.13 Å². The number of aromatic nitrogens is 1. The molecule has 1 aliphatic carbocycles. The first-order valence-corrected chi connectivity index (χ1v) is 6.57. The summed E-state index contributed by atoms with van der Waals surface area (Å²) < 4.78 is 0. The van der Waals surface area contributed by atoms with Gasteiger partial charge in [-0.05, 0) is 19.8 Å². The fourth-order valence-electron chi connectivity index (χ4n) is 1.89. The van der Waals surface area contributed by atoms with Crippen LogP contribution < -0.4 is 10.6 Å². The highest BCUT2D eigenvalue weighted by molar-refractivity contribution is 7.14. The van der Waals surface area contributed by atoms with Gasteiger partial charge in [0, 0.05) is 11.4 Å². The summed E-state index contributed by atoms with van der Waals surface area (Å²) in [6.45, 7) is 1.84. The first-order chi connectivity index (χ1) is 8.15. The molecule has 0 bridgehead atoms. The quantitative estimate of drug-likeness (QED) is 0.784. The van der Waals surface area contributed by atoms with Gasteiger partial charge in [0.2, 0.25) is 0 Å². The summed E-state index contributed by atoms with van der Waals surface area (Å²) in [5, 5.41) is 7.52. The van der Waals surface area contributed by atoms with Crippen molar-refractivity contribution in [3.63, 3.8) is 0 Å². The van der Waals surface area contributed by atoms with Crippen LogP contribution in [0.15, 0.2) is 5.38 Å². The Bertz CT molecular complexity index is 424. The van der Waals surface area contributed by atoms with Crippen LogP contribution in [0.25, 0.3) is 0 Å². The topological polar surface area (TPSA) is 71.1 Å². The van der Waals surface area contributed by atoms with E-state index in [1.807, 2.05) is 12.3 Å². The summed E-state index contributed by atoms with van der Waals surface area (Å²) in [5.41, 5.74) is 0.835. The molecule has 0 unspecified atom stereocenters. The average Bonchev–Trinajstić information content (AvgIpc) is 2.90. The molecule has 0 saturated heterocycles. The highest BCUT2D eigenvalue weighted by Crippen LogP contribution is 2.18. The molecule has 1 saturated carbocycles. The fraction of sp³-hybridized carbons (Fsp3) is 0.545. The van der Waals surface area contributed by atoms with E-state index >= 15 is 0 Å². The highest BCUT2D eigenvalue weighted by atomic mass is 32.1. The molecule has 1 aromatic heterocycles. The molecule has 1 fully saturated rings. The molecule has 6 heteroatoms. The number of carbonyl (C=O) groups is 2. The summed E-state index contributed by atoms with van der Waals surface area (Å²) in [5.74, 6) is -1.20. The van der Waals surface area contributed by atoms with Crippen molar-refractivity contribution in [3.8, 4) is 0 Å². The van der Waals surface area contributed by atoms with Crippen LogP contribution in [0.1, 0.15) is 31.4 Å². The standard InChI is InChI=1S/C11H15N3O2S/c1-7-6-17-11(12-7)14-10(16)9(15)13-8-4-2-3-5-8/h6,8H,2-5H2,1H3,(H,13,15)(H,12,14,16). The monoisotopic (exact) mass is 253 g/mol. The number of rotatable bonds is 2. The third-order valence-corrected chi connectivity index (χ3v) is 3.61. The maximum atomic E-state index is 11.6. The van der Waals surface area contributed by atoms with E-state index in [1.165, 1.54) is 11.3 Å². The van der Waals surface area contributed by atoms with Crippen molar-refractivity contribution in [2.75, 3.05) is 5.32 Å². The van der Waals surface area contributed by atoms with Gasteiger partial charge >= 0.3 is 11.8 Å². The van der Waals surface area contributed by atoms with Crippen molar-refractivity contribution < 1.29 is 9.59 Å². The molecule has 5 nitrogen and oxygen atoms in total. The van der Waals surface area contributed by atoms with Crippen LogP contribution in [0, 0.1) is 6.92 Å². The molecule has 0 atom stereocenters. The van der Waals surface area contributed by atoms with E-state index < -0.39 is 11.8 Å². The second kappa shape index (κ2) is 5.27. The highest BCUT2D eigenvalue weighted by Gasteiger charge is 2.21. The SMILES string of the molecule is Cc1csc(NC(=O)C(=O)NC2CCCC2)n1. The smallest absolute Gasteiger partial charge is 0.315 e. The minimum atomic E-state index is -0.633. The number of hydrogen-bond acceptors (Lipinski definition) is 4. The third-order valence-electron chi connectivity index (χ3n) is 2.74. The number of anilines is 1. The Morgan fingerprint density at radius 3 is 2.65 bits per heavy atom. The molecule has 1 aromatic rings. The number of carbonyl (C=O) groups excluding carboxylic acids is 2. The Labute approximate surface area is 104 Å². The first kappa shape index (κ1) is 12.0. The summed E-state index contributed by atoms with van der Waals surface area (Å²) in [4.78, 5) is 27.2. The molecule has 92 valence electrons. The molecule has 0 aromatic carbocycles. The van der Waals surface area contributed by atoms with Crippen LogP contribution in [0.3, 0.4) is 0 Å². The van der Waals surface area contributed by atoms with Crippen LogP contribution in [-0.2, 0) is 9.59 Å². The van der Waals surface area contributed by atoms with Gasteiger partial charge in [-0.1, -0.05) is 12.8 Å². The van der Waals surface area contributed by atoms with Gasteiger partial charge in [-0.3, -0.25) is 14.9 Å². The zero-order valence-electron chi connectivity index (χ0n) is 9.66. The van der Waals surface area contributed by atoms with Crippen LogP contribution >= 0.6 is 11.3 Å². The Morgan fingerprint density at radius 2 is 2.06 bits per heavy atom. The normalized spacial score (nSPS) is 15.8. The molecule has 2 amide bonds. The van der Waals surface area contributed by atoms with E-state index in [0.717, 1.165) is 31.4 Å². The number of amides is 2. The van der Waals surface area contributed by atoms with E-state index in [2.05, 4.69) is 15.6 Å². The van der Waals surface area contributed by atoms with E-state index in [4.69, 9.17) is 0 Å². The molecular formula is C11H15N3O2S. The van der Waals surface area contributed by atoms with Gasteiger partial charge in [0.25, 0.3) is 0 Å². The molecule has 17 heavy (non-hydrogen) atoms. The van der Waals surface area contributed by atoms with E-state index in [0.29, 0.717) is 5.13 Å². The van der Waals surface area contributed by atoms with Gasteiger partial charge in [-0.15, -0.1) is 11.3 Å². The van der Waals surface area contributed by atoms with Gasteiger partial charge in [-0.25, -0.2) is 4.98 Å². The molecule has 0 spiro atoms. The van der Waals surface area contributed by atoms with Gasteiger partial charge in [-0.2, -0.15) is 0 Å². The van der Waals surface area contributed by atoms with E-state index in [1.54, 1.807) is 0 Å². The third kappa shape index (κ3) is 3.26. The fourth-order valence-corrected chi connectivity index (χ4v) is 2.57. The minimum absolute atomic E-state index is 0.159. The van der Waals surface area contributed by atoms with Crippen LogP contribution in [-0.4, -0.2) is 22.8 Å². The number of thiazole rings is 1. The summed E-state index contributed by atoms with van der Waals surface area (Å²) in [6.07, 6.45) is 4.18. The Hall–Kier alpha value is -1.43. The lowest BCUT2D eigenvalue weighted by Gasteiger charge is -2.10. The van der Waals surface area contributed by atoms with Crippen LogP contribution in [0.5, 0.6) is 0 Å². The van der Waals surface area contributed by atoms with Crippen molar-refractivity contribution in [2.24, 2.45) is 0 Å². The van der Waals surface area contributed by atoms with Crippen molar-refractivity contribution in [1.82, 2.24) is 10.3 Å². The predicted octanol–water partition coefficient (Wildman–Crippen LogP) is 1.45. The number of nitrogens with one attached hydrogen (secondary N) is 2. The number of nitrogens with zero attached hydrogens (tertiary/aromatic N) is 1. The Kier molecular flexibility index (Phi) is 3.73. The van der Waals surface area contributed by atoms with Gasteiger partial charge in [0.15, 0.2) is 5.13 Å². The second-order valence-corrected chi connectivity index (χ2v) is 5.06. The molecule has 2 N–H and O–H groups in total. The molecule has 2 rings (SSSR count). The van der Waals surface area contributed by atoms with Crippen molar-refractivity contribution in [2.45, 2.75) is 38.6 Å². The average molecular weight is 253 g/mol. The molecule has 1 heterocycles. The van der Waals surface area contributed by atoms with Crippen molar-refractivity contribution in [1.29, 1.82) is 0 Å². The molecule has 1 aliphatic rings. The van der Waals surface area contributed by atoms with Crippen molar-refractivity contribution >= 4 is 28.3 Å². The van der Waals surface area contributed by atoms with Gasteiger partial charge in [0.1, 0.15) is 0 Å². The summed E-state index contributed by atoms with van der Waals surface area (Å²) >= 11 is 1.31. The molecule has 0 radical (unpaired) electrons. The second-order valence-electron chi connectivity index (χ2n) is 4.20. The zero-order chi connectivity index (χ0) is 12.3. The Balaban J connectivity index is 1.84. The Morgan fingerprint density at radius 1 is 1.35 bits per heavy atom. The molecule has 0 aliphatic heterocycles. The van der Waals surface area contributed by atoms with Gasteiger partial charge in [0.05, 0.1) is 5.69 Å². The predicted molar refractivity (Wildman–Crippen MR) is 65.9 cm³/mol. The van der Waals surface area contributed by atoms with E-state index in [-0.39, 0.29) is 6.04 Å². The minimum Gasteiger partial charge on any atom is -0.345 e. The lowest BCUT2D eigenvalue weighted by molar-refractivity contribution is -0.136. The maximum Gasteiger partial charge on any atom is 0.315 e. The van der Waals surface area contributed by atoms with Crippen LogP contribution in [0.2, 0.25) is 0 Å². The van der Waals surface area contributed by atoms with E-state index in [9.17, 15) is 9.59 Å². The van der Waals surface area contributed by atoms with Crippen molar-refractivity contribution in [3.05, 3.63) is 11.1 Å². The number of aryl methyl sites for hydroxylation is 1. The zero-order valence-corrected chi connectivity index (χ0v) is 10.5. The summed E-state index contributed by atoms with van der Waals surface area (Å²) in [7, 11) is 0. The van der Waals surface area contributed by atoms with Gasteiger partial charge < -0.3 is 5.32 Å². The summed E-state index contributed by atoms with van der Waals surface area (Å²) in [6, 6.07) is 0.159. The first-order valence-electron chi connectivity index (χ1n) is 5.69. The lowest BCUT2D eigenvalue weighted by Crippen LogP contribution is -2.40.